The predicted octanol–water partition coefficient (Wildman–Crippen LogP) is 1.94. The molecular formula is C8H9Cl2N3OPdS. The molecule has 4 nitrogen and oxygen atoms in total. The topological polar surface area (TPSA) is 70.6 Å². The van der Waals surface area contributed by atoms with Gasteiger partial charge in [-0.05, 0) is 24.4 Å². The minimum absolute atomic E-state index is 0.0895. The summed E-state index contributed by atoms with van der Waals surface area (Å²) in [5.41, 5.74) is 8.13. The maximum atomic E-state index is 9.29. The van der Waals surface area contributed by atoms with Crippen LogP contribution in [-0.2, 0) is 15.9 Å². The number of phenolic OH excluding ortho intramolecular Hbond substituents is 1. The molecule has 16 heavy (non-hydrogen) atoms. The third-order valence-electron chi connectivity index (χ3n) is 1.32. The Bertz CT molecular complexity index is 365. The second-order valence-corrected chi connectivity index (χ2v) is 5.14. The molecular weight excluding hydrogens is 364 g/mol. The molecule has 0 heterocycles. The number of thiocarbonyl (C=S) groups is 1. The first-order valence-electron chi connectivity index (χ1n) is 3.80. The molecule has 0 spiro atoms. The van der Waals surface area contributed by atoms with E-state index in [2.05, 4.69) is 22.7 Å². The zero-order chi connectivity index (χ0) is 12.4. The van der Waals surface area contributed by atoms with Crippen LogP contribution >= 0.6 is 31.3 Å². The van der Waals surface area contributed by atoms with E-state index in [9.17, 15) is 5.11 Å². The molecule has 0 aliphatic heterocycles. The molecule has 92 valence electrons. The van der Waals surface area contributed by atoms with Crippen LogP contribution in [-0.4, -0.2) is 16.4 Å². The van der Waals surface area contributed by atoms with Gasteiger partial charge in [0.15, 0.2) is 5.11 Å². The van der Waals surface area contributed by atoms with E-state index in [4.69, 9.17) is 24.8 Å². The molecule has 8 heteroatoms. The van der Waals surface area contributed by atoms with Gasteiger partial charge in [-0.3, -0.25) is 5.43 Å². The number of nitrogens with zero attached hydrogens (tertiary/aromatic N) is 1. The Morgan fingerprint density at radius 1 is 1.50 bits per heavy atom. The normalized spacial score (nSPS) is 9.62. The van der Waals surface area contributed by atoms with Gasteiger partial charge in [-0.1, -0.05) is 12.1 Å². The number of hydrogen-bond donors (Lipinski definition) is 3. The average Bonchev–Trinajstić information content (AvgIpc) is 2.21. The van der Waals surface area contributed by atoms with Crippen LogP contribution in [0, 0.1) is 0 Å². The zero-order valence-corrected chi connectivity index (χ0v) is 11.7. The number of benzene rings is 1. The summed E-state index contributed by atoms with van der Waals surface area (Å²) in [6, 6.07) is 6.82. The van der Waals surface area contributed by atoms with Crippen LogP contribution in [0.2, 0.25) is 0 Å². The third-order valence-corrected chi connectivity index (χ3v) is 1.41. The van der Waals surface area contributed by atoms with Gasteiger partial charge >= 0.3 is 35.0 Å². The number of nitrogens with two attached hydrogens (primary N) is 1. The van der Waals surface area contributed by atoms with Gasteiger partial charge in [-0.15, -0.1) is 0 Å². The van der Waals surface area contributed by atoms with E-state index in [1.165, 1.54) is 6.21 Å². The summed E-state index contributed by atoms with van der Waals surface area (Å²) in [4.78, 5) is 0. The SMILES string of the molecule is NC(=S)NN=Cc1ccccc1O.[Cl][Pd][Cl]. The summed E-state index contributed by atoms with van der Waals surface area (Å²) < 4.78 is 0. The summed E-state index contributed by atoms with van der Waals surface area (Å²) in [6.07, 6.45) is 1.44. The first-order chi connectivity index (χ1) is 7.61. The van der Waals surface area contributed by atoms with E-state index in [-0.39, 0.29) is 26.8 Å². The first-order valence-corrected chi connectivity index (χ1v) is 8.22. The minimum atomic E-state index is -0.106. The molecule has 1 rings (SSSR count). The Balaban J connectivity index is 0.000000673. The van der Waals surface area contributed by atoms with E-state index in [0.29, 0.717) is 5.56 Å². The zero-order valence-electron chi connectivity index (χ0n) is 7.84. The fourth-order valence-corrected chi connectivity index (χ4v) is 0.815. The molecule has 0 aliphatic carbocycles. The molecule has 0 atom stereocenters. The Hall–Kier alpha value is -0.378. The van der Waals surface area contributed by atoms with Crippen molar-refractivity contribution < 1.29 is 21.0 Å². The van der Waals surface area contributed by atoms with Gasteiger partial charge < -0.3 is 10.8 Å². The molecule has 1 aromatic rings. The molecule has 0 bridgehead atoms. The molecule has 0 fully saturated rings. The molecule has 0 unspecified atom stereocenters. The summed E-state index contributed by atoms with van der Waals surface area (Å²) >= 11 is 4.43. The Morgan fingerprint density at radius 2 is 2.06 bits per heavy atom. The van der Waals surface area contributed by atoms with Crippen LogP contribution in [0.5, 0.6) is 5.75 Å². The summed E-state index contributed by atoms with van der Waals surface area (Å²) in [6.45, 7) is 0. The molecule has 0 saturated heterocycles. The van der Waals surface area contributed by atoms with Crippen molar-refractivity contribution in [3.63, 3.8) is 0 Å². The Kier molecular flexibility index (Phi) is 9.59. The van der Waals surface area contributed by atoms with Gasteiger partial charge in [0.05, 0.1) is 6.21 Å². The quantitative estimate of drug-likeness (QED) is 0.321. The van der Waals surface area contributed by atoms with Crippen LogP contribution in [0.25, 0.3) is 0 Å². The predicted molar refractivity (Wildman–Crippen MR) is 67.3 cm³/mol. The second-order valence-electron chi connectivity index (χ2n) is 2.34. The number of aromatic hydroxyl groups is 1. The molecule has 4 N–H and O–H groups in total. The van der Waals surface area contributed by atoms with Crippen LogP contribution in [0.3, 0.4) is 0 Å². The fraction of sp³-hybridized carbons (Fsp3) is 0. The number of phenols is 1. The van der Waals surface area contributed by atoms with Gasteiger partial charge in [0.25, 0.3) is 0 Å². The molecule has 0 amide bonds. The van der Waals surface area contributed by atoms with E-state index >= 15 is 0 Å². The van der Waals surface area contributed by atoms with Crippen LogP contribution in [0.15, 0.2) is 29.4 Å². The van der Waals surface area contributed by atoms with E-state index in [0.717, 1.165) is 0 Å². The van der Waals surface area contributed by atoms with Crippen molar-refractivity contribution in [2.75, 3.05) is 0 Å². The van der Waals surface area contributed by atoms with Crippen LogP contribution < -0.4 is 11.2 Å². The molecule has 1 aromatic carbocycles. The van der Waals surface area contributed by atoms with Gasteiger partial charge in [-0.25, -0.2) is 0 Å². The van der Waals surface area contributed by atoms with Gasteiger partial charge in [0, 0.05) is 5.56 Å². The third kappa shape index (κ3) is 7.86. The number of rotatable bonds is 2. The summed E-state index contributed by atoms with van der Waals surface area (Å²) in [5, 5.41) is 13.1. The van der Waals surface area contributed by atoms with Gasteiger partial charge in [-0.2, -0.15) is 5.10 Å². The van der Waals surface area contributed by atoms with Crippen molar-refractivity contribution in [3.8, 4) is 5.75 Å². The Morgan fingerprint density at radius 3 is 2.56 bits per heavy atom. The van der Waals surface area contributed by atoms with Crippen molar-refractivity contribution in [3.05, 3.63) is 29.8 Å². The van der Waals surface area contributed by atoms with E-state index in [1.807, 2.05) is 0 Å². The van der Waals surface area contributed by atoms with E-state index in [1.54, 1.807) is 24.3 Å². The van der Waals surface area contributed by atoms with Gasteiger partial charge in [0.2, 0.25) is 0 Å². The second kappa shape index (κ2) is 9.82. The number of nitrogens with one attached hydrogen (secondary N) is 1. The monoisotopic (exact) mass is 371 g/mol. The van der Waals surface area contributed by atoms with Crippen molar-refractivity contribution >= 4 is 42.6 Å². The summed E-state index contributed by atoms with van der Waals surface area (Å²) in [5.74, 6) is 0.163. The van der Waals surface area contributed by atoms with Crippen molar-refractivity contribution in [1.82, 2.24) is 5.43 Å². The Labute approximate surface area is 115 Å². The number of hydrogen-bond acceptors (Lipinski definition) is 3. The van der Waals surface area contributed by atoms with Crippen molar-refractivity contribution in [2.24, 2.45) is 10.8 Å². The number of para-hydroxylation sites is 1. The van der Waals surface area contributed by atoms with Crippen molar-refractivity contribution in [2.45, 2.75) is 0 Å². The molecule has 0 aromatic heterocycles. The molecule has 0 saturated carbocycles. The summed E-state index contributed by atoms with van der Waals surface area (Å²) in [7, 11) is 9.63. The molecule has 0 aliphatic rings. The van der Waals surface area contributed by atoms with Gasteiger partial charge in [0.1, 0.15) is 5.75 Å². The van der Waals surface area contributed by atoms with E-state index < -0.39 is 0 Å². The number of hydrazone groups is 1. The first kappa shape index (κ1) is 15.6. The standard InChI is InChI=1S/C8H9N3OS.2ClH.Pd/c9-8(13)11-10-5-6-3-1-2-4-7(6)12;;;/h1-5,12H,(H3,9,11,13);2*1H;/q;;;+2/p-2. The van der Waals surface area contributed by atoms with Crippen LogP contribution in [0.1, 0.15) is 5.56 Å². The molecule has 0 radical (unpaired) electrons. The van der Waals surface area contributed by atoms with Crippen LogP contribution in [0.4, 0.5) is 0 Å². The average molecular weight is 373 g/mol. The maximum absolute atomic E-state index is 9.29. The number of halogens is 2. The fourth-order valence-electron chi connectivity index (χ4n) is 0.762. The van der Waals surface area contributed by atoms with Crippen molar-refractivity contribution in [1.29, 1.82) is 0 Å².